The molecule has 1 saturated carbocycles. The first-order chi connectivity index (χ1) is 9.89. The van der Waals surface area contributed by atoms with Crippen LogP contribution in [0.4, 0.5) is 5.69 Å². The van der Waals surface area contributed by atoms with Crippen molar-refractivity contribution in [1.29, 1.82) is 0 Å². The van der Waals surface area contributed by atoms with E-state index in [1.54, 1.807) is 24.3 Å². The summed E-state index contributed by atoms with van der Waals surface area (Å²) in [7, 11) is -0.355. The minimum Gasteiger partial charge on any atom is -0.394 e. The Balaban J connectivity index is 2.16. The topological polar surface area (TPSA) is 69.6 Å². The van der Waals surface area contributed by atoms with Crippen LogP contribution in [0.25, 0.3) is 0 Å². The van der Waals surface area contributed by atoms with Gasteiger partial charge >= 0.3 is 0 Å². The number of sulfonamides is 1. The van der Waals surface area contributed by atoms with E-state index in [0.29, 0.717) is 0 Å². The monoisotopic (exact) mass is 312 g/mol. The second-order valence-electron chi connectivity index (χ2n) is 5.94. The summed E-state index contributed by atoms with van der Waals surface area (Å²) in [5.74, 6) is 0. The van der Waals surface area contributed by atoms with E-state index in [0.717, 1.165) is 31.4 Å². The van der Waals surface area contributed by atoms with Gasteiger partial charge in [-0.25, -0.2) is 12.7 Å². The molecule has 1 aromatic rings. The number of aliphatic hydroxyl groups excluding tert-OH is 1. The summed E-state index contributed by atoms with van der Waals surface area (Å²) >= 11 is 0. The molecule has 21 heavy (non-hydrogen) atoms. The highest BCUT2D eigenvalue weighted by molar-refractivity contribution is 7.89. The van der Waals surface area contributed by atoms with Gasteiger partial charge in [0.25, 0.3) is 0 Å². The molecule has 2 rings (SSSR count). The molecule has 0 unspecified atom stereocenters. The molecule has 0 spiro atoms. The Labute approximate surface area is 127 Å². The zero-order valence-electron chi connectivity index (χ0n) is 12.7. The second kappa shape index (κ2) is 6.34. The molecule has 118 valence electrons. The van der Waals surface area contributed by atoms with Gasteiger partial charge in [0.1, 0.15) is 0 Å². The summed E-state index contributed by atoms with van der Waals surface area (Å²) in [5, 5.41) is 13.1. The van der Waals surface area contributed by atoms with E-state index in [4.69, 9.17) is 0 Å². The molecule has 0 atom stereocenters. The maximum absolute atomic E-state index is 12.0. The summed E-state index contributed by atoms with van der Waals surface area (Å²) in [4.78, 5) is 0.278. The minimum absolute atomic E-state index is 0.102. The van der Waals surface area contributed by atoms with Crippen molar-refractivity contribution >= 4 is 15.7 Å². The van der Waals surface area contributed by atoms with Crippen molar-refractivity contribution in [3.05, 3.63) is 24.3 Å². The first kappa shape index (κ1) is 16.3. The Hall–Kier alpha value is -1.11. The lowest BCUT2D eigenvalue weighted by Crippen LogP contribution is -2.43. The average Bonchev–Trinajstić information content (AvgIpc) is 2.48. The number of benzene rings is 1. The summed E-state index contributed by atoms with van der Waals surface area (Å²) in [6.45, 7) is 0.102. The number of anilines is 1. The Morgan fingerprint density at radius 3 is 2.19 bits per heavy atom. The van der Waals surface area contributed by atoms with Crippen LogP contribution in [0.3, 0.4) is 0 Å². The van der Waals surface area contributed by atoms with Crippen LogP contribution in [0.2, 0.25) is 0 Å². The number of aliphatic hydroxyl groups is 1. The third kappa shape index (κ3) is 3.56. The second-order valence-corrected chi connectivity index (χ2v) is 8.09. The van der Waals surface area contributed by atoms with Gasteiger partial charge in [0, 0.05) is 19.8 Å². The van der Waals surface area contributed by atoms with E-state index in [-0.39, 0.29) is 17.0 Å². The van der Waals surface area contributed by atoms with Gasteiger partial charge < -0.3 is 10.4 Å². The van der Waals surface area contributed by atoms with Crippen LogP contribution in [-0.4, -0.2) is 44.1 Å². The maximum Gasteiger partial charge on any atom is 0.242 e. The standard InChI is InChI=1S/C15H24N2O3S/c1-17(2)21(19,20)14-8-6-13(7-9-14)16-15(12-18)10-4-3-5-11-15/h6-9,16,18H,3-5,10-12H2,1-2H3. The molecule has 0 amide bonds. The Morgan fingerprint density at radius 1 is 1.14 bits per heavy atom. The largest absolute Gasteiger partial charge is 0.394 e. The van der Waals surface area contributed by atoms with Gasteiger partial charge in [-0.2, -0.15) is 0 Å². The van der Waals surface area contributed by atoms with Gasteiger partial charge in [0.15, 0.2) is 0 Å². The molecule has 1 aliphatic carbocycles. The smallest absolute Gasteiger partial charge is 0.242 e. The lowest BCUT2D eigenvalue weighted by Gasteiger charge is -2.37. The molecule has 0 aromatic heterocycles. The lowest BCUT2D eigenvalue weighted by atomic mass is 9.82. The highest BCUT2D eigenvalue weighted by Gasteiger charge is 2.31. The molecule has 0 heterocycles. The predicted molar refractivity (Wildman–Crippen MR) is 83.8 cm³/mol. The lowest BCUT2D eigenvalue weighted by molar-refractivity contribution is 0.173. The summed E-state index contributed by atoms with van der Waals surface area (Å²) < 4.78 is 25.2. The number of hydrogen-bond donors (Lipinski definition) is 2. The van der Waals surface area contributed by atoms with Crippen LogP contribution in [0, 0.1) is 0 Å². The molecule has 1 aliphatic rings. The molecular formula is C15H24N2O3S. The van der Waals surface area contributed by atoms with Crippen LogP contribution >= 0.6 is 0 Å². The maximum atomic E-state index is 12.0. The summed E-state index contributed by atoms with van der Waals surface area (Å²) in [6, 6.07) is 6.74. The van der Waals surface area contributed by atoms with Gasteiger partial charge in [0.05, 0.1) is 17.0 Å². The quantitative estimate of drug-likeness (QED) is 0.873. The van der Waals surface area contributed by atoms with Crippen LogP contribution in [-0.2, 0) is 10.0 Å². The number of hydrogen-bond acceptors (Lipinski definition) is 4. The number of nitrogens with zero attached hydrogens (tertiary/aromatic N) is 1. The third-order valence-corrected chi connectivity index (χ3v) is 5.99. The third-order valence-electron chi connectivity index (χ3n) is 4.16. The predicted octanol–water partition coefficient (Wildman–Crippen LogP) is 2.04. The van der Waals surface area contributed by atoms with E-state index in [9.17, 15) is 13.5 Å². The SMILES string of the molecule is CN(C)S(=O)(=O)c1ccc(NC2(CO)CCCCC2)cc1. The van der Waals surface area contributed by atoms with Gasteiger partial charge in [-0.15, -0.1) is 0 Å². The zero-order valence-corrected chi connectivity index (χ0v) is 13.5. The zero-order chi connectivity index (χ0) is 15.5. The first-order valence-electron chi connectivity index (χ1n) is 7.31. The van der Waals surface area contributed by atoms with Crippen molar-refractivity contribution in [3.8, 4) is 0 Å². The van der Waals surface area contributed by atoms with Crippen molar-refractivity contribution in [2.75, 3.05) is 26.0 Å². The van der Waals surface area contributed by atoms with Gasteiger partial charge in [-0.1, -0.05) is 19.3 Å². The Kier molecular flexibility index (Phi) is 4.91. The molecule has 6 heteroatoms. The Bertz CT molecular complexity index is 561. The molecule has 2 N–H and O–H groups in total. The molecule has 1 fully saturated rings. The van der Waals surface area contributed by atoms with Crippen LogP contribution in [0.5, 0.6) is 0 Å². The van der Waals surface area contributed by atoms with Gasteiger partial charge in [-0.3, -0.25) is 0 Å². The summed E-state index contributed by atoms with van der Waals surface area (Å²) in [5.41, 5.74) is 0.587. The Morgan fingerprint density at radius 2 is 1.71 bits per heavy atom. The van der Waals surface area contributed by atoms with Crippen molar-refractivity contribution in [2.45, 2.75) is 42.5 Å². The molecule has 0 bridgehead atoms. The molecule has 0 saturated heterocycles. The van der Waals surface area contributed by atoms with E-state index in [1.807, 2.05) is 0 Å². The van der Waals surface area contributed by atoms with E-state index >= 15 is 0 Å². The minimum atomic E-state index is -3.39. The highest BCUT2D eigenvalue weighted by Crippen LogP contribution is 2.31. The fourth-order valence-corrected chi connectivity index (χ4v) is 3.68. The van der Waals surface area contributed by atoms with Gasteiger partial charge in [0.2, 0.25) is 10.0 Å². The molecule has 5 nitrogen and oxygen atoms in total. The normalized spacial score (nSPS) is 18.7. The van der Waals surface area contributed by atoms with Crippen LogP contribution in [0.1, 0.15) is 32.1 Å². The molecule has 0 radical (unpaired) electrons. The fraction of sp³-hybridized carbons (Fsp3) is 0.600. The number of rotatable bonds is 5. The van der Waals surface area contributed by atoms with Crippen molar-refractivity contribution in [2.24, 2.45) is 0 Å². The van der Waals surface area contributed by atoms with E-state index < -0.39 is 10.0 Å². The molecule has 0 aliphatic heterocycles. The van der Waals surface area contributed by atoms with Crippen molar-refractivity contribution in [3.63, 3.8) is 0 Å². The molecular weight excluding hydrogens is 288 g/mol. The average molecular weight is 312 g/mol. The molecule has 1 aromatic carbocycles. The first-order valence-corrected chi connectivity index (χ1v) is 8.75. The van der Waals surface area contributed by atoms with E-state index in [1.165, 1.54) is 24.8 Å². The highest BCUT2D eigenvalue weighted by atomic mass is 32.2. The van der Waals surface area contributed by atoms with E-state index in [2.05, 4.69) is 5.32 Å². The number of nitrogens with one attached hydrogen (secondary N) is 1. The van der Waals surface area contributed by atoms with Crippen molar-refractivity contribution in [1.82, 2.24) is 4.31 Å². The van der Waals surface area contributed by atoms with Crippen LogP contribution < -0.4 is 5.32 Å². The van der Waals surface area contributed by atoms with Crippen molar-refractivity contribution < 1.29 is 13.5 Å². The van der Waals surface area contributed by atoms with Crippen LogP contribution in [0.15, 0.2) is 29.2 Å². The van der Waals surface area contributed by atoms with Gasteiger partial charge in [-0.05, 0) is 37.1 Å². The fourth-order valence-electron chi connectivity index (χ4n) is 2.78. The summed E-state index contributed by atoms with van der Waals surface area (Å²) in [6.07, 6.45) is 5.33.